The Morgan fingerprint density at radius 3 is 2.47 bits per heavy atom. The topological polar surface area (TPSA) is 85.2 Å². The number of carbonyl (C=O) groups is 2. The average Bonchev–Trinajstić information content (AvgIpc) is 3.12. The van der Waals surface area contributed by atoms with Gasteiger partial charge in [0.15, 0.2) is 5.69 Å². The zero-order chi connectivity index (χ0) is 23.4. The molecular weight excluding hydrogens is 404 g/mol. The Morgan fingerprint density at radius 1 is 1.12 bits per heavy atom. The molecule has 1 heterocycles. The molecule has 176 valence electrons. The molecule has 0 radical (unpaired) electrons. The van der Waals surface area contributed by atoms with Crippen LogP contribution in [-0.4, -0.2) is 47.4 Å². The zero-order valence-corrected chi connectivity index (χ0v) is 20.2. The third-order valence-electron chi connectivity index (χ3n) is 6.94. The van der Waals surface area contributed by atoms with Gasteiger partial charge in [0.05, 0.1) is 12.1 Å². The third-order valence-corrected chi connectivity index (χ3v) is 6.94. The molecule has 0 spiro atoms. The number of fused-ring (bicyclic) bond motifs is 1. The fraction of sp³-hybridized carbons (Fsp3) is 0.640. The number of aromatic nitrogens is 2. The second-order valence-corrected chi connectivity index (χ2v) is 10.1. The number of para-hydroxylation sites is 1. The Hall–Kier alpha value is -2.41. The number of hydrogen-bond donors (Lipinski definition) is 2. The van der Waals surface area contributed by atoms with E-state index < -0.39 is 11.0 Å². The first-order valence-corrected chi connectivity index (χ1v) is 11.7. The first-order chi connectivity index (χ1) is 15.2. The largest absolute Gasteiger partial charge is 0.383 e. The standard InChI is InChI=1S/C25H38N4O3/c1-24(2,3)25(4,23(31)26-15-16-32-5)27-22(30)21-19-13-9-10-14-20(19)29(28-21)17-18-11-7-6-8-12-18/h9-10,13-14,18H,6-8,11-12,15-17H2,1-5H3,(H,26,31)(H,27,30)/t25-/m1/s1. The van der Waals surface area contributed by atoms with E-state index in [1.165, 1.54) is 32.1 Å². The molecule has 0 saturated heterocycles. The van der Waals surface area contributed by atoms with Crippen LogP contribution in [-0.2, 0) is 16.1 Å². The van der Waals surface area contributed by atoms with E-state index in [4.69, 9.17) is 9.84 Å². The van der Waals surface area contributed by atoms with Gasteiger partial charge in [-0.25, -0.2) is 0 Å². The van der Waals surface area contributed by atoms with E-state index in [1.807, 2.05) is 49.7 Å². The van der Waals surface area contributed by atoms with E-state index in [-0.39, 0.29) is 11.8 Å². The number of carbonyl (C=O) groups excluding carboxylic acids is 2. The lowest BCUT2D eigenvalue weighted by molar-refractivity contribution is -0.131. The summed E-state index contributed by atoms with van der Waals surface area (Å²) in [6.45, 7) is 9.23. The van der Waals surface area contributed by atoms with Gasteiger partial charge >= 0.3 is 0 Å². The summed E-state index contributed by atoms with van der Waals surface area (Å²) in [5.41, 5.74) is -0.298. The van der Waals surface area contributed by atoms with Gasteiger partial charge in [0.2, 0.25) is 5.91 Å². The third kappa shape index (κ3) is 5.14. The Morgan fingerprint density at radius 2 is 1.81 bits per heavy atom. The number of nitrogens with zero attached hydrogens (tertiary/aromatic N) is 2. The van der Waals surface area contributed by atoms with Crippen molar-refractivity contribution in [2.45, 2.75) is 71.9 Å². The molecule has 1 atom stereocenters. The number of amides is 2. The molecule has 3 rings (SSSR count). The lowest BCUT2D eigenvalue weighted by Crippen LogP contribution is -2.64. The zero-order valence-electron chi connectivity index (χ0n) is 20.2. The molecule has 2 N–H and O–H groups in total. The van der Waals surface area contributed by atoms with Gasteiger partial charge in [0, 0.05) is 25.6 Å². The van der Waals surface area contributed by atoms with Gasteiger partial charge in [-0.3, -0.25) is 14.3 Å². The van der Waals surface area contributed by atoms with Crippen LogP contribution < -0.4 is 10.6 Å². The second kappa shape index (κ2) is 10.0. The quantitative estimate of drug-likeness (QED) is 0.607. The van der Waals surface area contributed by atoms with Crippen molar-refractivity contribution in [2.24, 2.45) is 11.3 Å². The predicted molar refractivity (Wildman–Crippen MR) is 127 cm³/mol. The van der Waals surface area contributed by atoms with Gasteiger partial charge in [0.25, 0.3) is 5.91 Å². The van der Waals surface area contributed by atoms with E-state index in [9.17, 15) is 9.59 Å². The van der Waals surface area contributed by atoms with Crippen molar-refractivity contribution in [1.82, 2.24) is 20.4 Å². The molecule has 1 saturated carbocycles. The van der Waals surface area contributed by atoms with Crippen molar-refractivity contribution in [3.05, 3.63) is 30.0 Å². The first kappa shape index (κ1) is 24.2. The molecule has 0 unspecified atom stereocenters. The molecule has 2 aromatic rings. The smallest absolute Gasteiger partial charge is 0.273 e. The number of rotatable bonds is 8. The molecule has 32 heavy (non-hydrogen) atoms. The van der Waals surface area contributed by atoms with Crippen LogP contribution in [0.1, 0.15) is 70.3 Å². The van der Waals surface area contributed by atoms with Gasteiger partial charge in [-0.05, 0) is 37.2 Å². The second-order valence-electron chi connectivity index (χ2n) is 10.1. The molecule has 7 heteroatoms. The summed E-state index contributed by atoms with van der Waals surface area (Å²) in [6.07, 6.45) is 6.25. The number of ether oxygens (including phenoxy) is 1. The highest BCUT2D eigenvalue weighted by Gasteiger charge is 2.46. The van der Waals surface area contributed by atoms with Gasteiger partial charge in [0.1, 0.15) is 5.54 Å². The summed E-state index contributed by atoms with van der Waals surface area (Å²) in [5, 5.41) is 11.5. The summed E-state index contributed by atoms with van der Waals surface area (Å²) in [4.78, 5) is 26.5. The number of methoxy groups -OCH3 is 1. The van der Waals surface area contributed by atoms with Crippen LogP contribution in [0.5, 0.6) is 0 Å². The molecule has 1 aliphatic rings. The monoisotopic (exact) mass is 442 g/mol. The van der Waals surface area contributed by atoms with Crippen LogP contribution in [0.25, 0.3) is 10.9 Å². The van der Waals surface area contributed by atoms with E-state index in [1.54, 1.807) is 14.0 Å². The van der Waals surface area contributed by atoms with E-state index >= 15 is 0 Å². The van der Waals surface area contributed by atoms with Gasteiger partial charge in [-0.15, -0.1) is 0 Å². The first-order valence-electron chi connectivity index (χ1n) is 11.7. The molecule has 2 amide bonds. The Kier molecular flexibility index (Phi) is 7.59. The maximum atomic E-state index is 13.5. The summed E-state index contributed by atoms with van der Waals surface area (Å²) >= 11 is 0. The van der Waals surface area contributed by atoms with Crippen LogP contribution in [0.4, 0.5) is 0 Å². The number of nitrogens with one attached hydrogen (secondary N) is 2. The van der Waals surface area contributed by atoms with Crippen molar-refractivity contribution >= 4 is 22.7 Å². The maximum absolute atomic E-state index is 13.5. The van der Waals surface area contributed by atoms with Gasteiger partial charge in [-0.2, -0.15) is 5.10 Å². The van der Waals surface area contributed by atoms with Crippen molar-refractivity contribution < 1.29 is 14.3 Å². The Bertz CT molecular complexity index is 940. The van der Waals surface area contributed by atoms with Crippen LogP contribution in [0.15, 0.2) is 24.3 Å². The minimum atomic E-state index is -1.12. The lowest BCUT2D eigenvalue weighted by atomic mass is 9.74. The summed E-state index contributed by atoms with van der Waals surface area (Å²) in [7, 11) is 1.59. The van der Waals surface area contributed by atoms with Crippen molar-refractivity contribution in [3.63, 3.8) is 0 Å². The Balaban J connectivity index is 1.88. The van der Waals surface area contributed by atoms with E-state index in [0.717, 1.165) is 17.4 Å². The van der Waals surface area contributed by atoms with E-state index in [2.05, 4.69) is 10.6 Å². The summed E-state index contributed by atoms with van der Waals surface area (Å²) in [5.74, 6) is 0.0265. The number of hydrogen-bond acceptors (Lipinski definition) is 4. The van der Waals surface area contributed by atoms with Gasteiger partial charge < -0.3 is 15.4 Å². The van der Waals surface area contributed by atoms with Crippen molar-refractivity contribution in [2.75, 3.05) is 20.3 Å². The molecule has 1 fully saturated rings. The molecule has 1 aromatic carbocycles. The van der Waals surface area contributed by atoms with Gasteiger partial charge in [-0.1, -0.05) is 58.2 Å². The molecular formula is C25H38N4O3. The molecule has 1 aliphatic carbocycles. The lowest BCUT2D eigenvalue weighted by Gasteiger charge is -2.40. The molecule has 1 aromatic heterocycles. The van der Waals surface area contributed by atoms with Crippen LogP contribution in [0.3, 0.4) is 0 Å². The predicted octanol–water partition coefficient (Wildman–Crippen LogP) is 3.91. The summed E-state index contributed by atoms with van der Waals surface area (Å²) < 4.78 is 7.02. The molecule has 7 nitrogen and oxygen atoms in total. The highest BCUT2D eigenvalue weighted by Crippen LogP contribution is 2.32. The van der Waals surface area contributed by atoms with E-state index in [0.29, 0.717) is 24.8 Å². The average molecular weight is 443 g/mol. The Labute approximate surface area is 191 Å². The normalized spacial score (nSPS) is 17.2. The fourth-order valence-corrected chi connectivity index (χ4v) is 4.36. The van der Waals surface area contributed by atoms with Crippen LogP contribution >= 0.6 is 0 Å². The SMILES string of the molecule is COCCNC(=O)[C@@](C)(NC(=O)c1nn(CC2CCCCC2)c2ccccc12)C(C)(C)C. The molecule has 0 aliphatic heterocycles. The van der Waals surface area contributed by atoms with Crippen molar-refractivity contribution in [3.8, 4) is 0 Å². The van der Waals surface area contributed by atoms with Crippen LogP contribution in [0.2, 0.25) is 0 Å². The maximum Gasteiger partial charge on any atom is 0.273 e. The minimum absolute atomic E-state index is 0.235. The minimum Gasteiger partial charge on any atom is -0.383 e. The summed E-state index contributed by atoms with van der Waals surface area (Å²) in [6, 6.07) is 7.85. The fourth-order valence-electron chi connectivity index (χ4n) is 4.36. The molecule has 0 bridgehead atoms. The van der Waals surface area contributed by atoms with Crippen LogP contribution in [0, 0.1) is 11.3 Å². The highest BCUT2D eigenvalue weighted by molar-refractivity contribution is 6.07. The van der Waals surface area contributed by atoms with Crippen molar-refractivity contribution in [1.29, 1.82) is 0 Å². The highest BCUT2D eigenvalue weighted by atomic mass is 16.5. The number of benzene rings is 1.